The standard InChI is InChI=1S/C25H22ClN3O4/c1-15-23-19(13-20(28-25(23)33-29-15)16-6-3-2-4-7-16)24(30)27-21-12-17(26)9-10-22(21)32-14-18-8-5-11-31-18/h2-4,6-7,9-10,12-13,18H,5,8,11,14H2,1H3,(H,27,30). The van der Waals surface area contributed by atoms with Crippen LogP contribution in [0, 0.1) is 6.92 Å². The molecule has 168 valence electrons. The average molecular weight is 464 g/mol. The number of fused-ring (bicyclic) bond motifs is 1. The van der Waals surface area contributed by atoms with Gasteiger partial charge in [-0.25, -0.2) is 4.98 Å². The second kappa shape index (κ2) is 9.21. The van der Waals surface area contributed by atoms with Gasteiger partial charge in [0.05, 0.1) is 34.1 Å². The minimum Gasteiger partial charge on any atom is -0.489 e. The fourth-order valence-electron chi connectivity index (χ4n) is 3.90. The Hall–Kier alpha value is -3.42. The molecule has 1 N–H and O–H groups in total. The molecule has 2 aromatic carbocycles. The molecule has 1 unspecified atom stereocenters. The molecular formula is C25H22ClN3O4. The summed E-state index contributed by atoms with van der Waals surface area (Å²) in [6.07, 6.45) is 2.04. The number of anilines is 1. The van der Waals surface area contributed by atoms with E-state index in [1.807, 2.05) is 30.3 Å². The van der Waals surface area contributed by atoms with Crippen molar-refractivity contribution in [3.8, 4) is 17.0 Å². The van der Waals surface area contributed by atoms with Crippen LogP contribution in [-0.2, 0) is 4.74 Å². The monoisotopic (exact) mass is 463 g/mol. The van der Waals surface area contributed by atoms with E-state index in [0.29, 0.717) is 51.1 Å². The van der Waals surface area contributed by atoms with Gasteiger partial charge in [-0.3, -0.25) is 4.79 Å². The van der Waals surface area contributed by atoms with E-state index in [4.69, 9.17) is 25.6 Å². The minimum absolute atomic E-state index is 0.0529. The number of nitrogens with one attached hydrogen (secondary N) is 1. The number of benzene rings is 2. The summed E-state index contributed by atoms with van der Waals surface area (Å²) in [5.41, 5.74) is 3.26. The van der Waals surface area contributed by atoms with E-state index in [1.165, 1.54) is 0 Å². The molecule has 0 saturated carbocycles. The highest BCUT2D eigenvalue weighted by Crippen LogP contribution is 2.32. The zero-order chi connectivity index (χ0) is 22.8. The van der Waals surface area contributed by atoms with E-state index < -0.39 is 0 Å². The first kappa shape index (κ1) is 21.4. The lowest BCUT2D eigenvalue weighted by atomic mass is 10.0. The number of carbonyl (C=O) groups is 1. The van der Waals surface area contributed by atoms with Gasteiger partial charge in [0.1, 0.15) is 12.4 Å². The summed E-state index contributed by atoms with van der Waals surface area (Å²) in [4.78, 5) is 18.0. The predicted octanol–water partition coefficient (Wildman–Crippen LogP) is 5.66. The Bertz CT molecular complexity index is 1300. The summed E-state index contributed by atoms with van der Waals surface area (Å²) in [5.74, 6) is 0.189. The average Bonchev–Trinajstić information content (AvgIpc) is 3.48. The number of hydrogen-bond donors (Lipinski definition) is 1. The Kier molecular flexibility index (Phi) is 5.98. The van der Waals surface area contributed by atoms with Gasteiger partial charge in [0, 0.05) is 17.2 Å². The number of pyridine rings is 1. The molecule has 33 heavy (non-hydrogen) atoms. The molecule has 1 saturated heterocycles. The molecule has 0 aliphatic carbocycles. The van der Waals surface area contributed by atoms with Crippen LogP contribution in [0.25, 0.3) is 22.4 Å². The molecule has 1 aliphatic heterocycles. The lowest BCUT2D eigenvalue weighted by molar-refractivity contribution is 0.0682. The van der Waals surface area contributed by atoms with Crippen LogP contribution in [0.4, 0.5) is 5.69 Å². The summed E-state index contributed by atoms with van der Waals surface area (Å²) in [5, 5.41) is 8.01. The maximum atomic E-state index is 13.5. The van der Waals surface area contributed by atoms with E-state index in [-0.39, 0.29) is 12.0 Å². The molecule has 3 heterocycles. The molecule has 0 radical (unpaired) electrons. The van der Waals surface area contributed by atoms with Gasteiger partial charge in [-0.05, 0) is 44.0 Å². The summed E-state index contributed by atoms with van der Waals surface area (Å²) < 4.78 is 17.0. The number of aromatic nitrogens is 2. The zero-order valence-electron chi connectivity index (χ0n) is 18.0. The van der Waals surface area contributed by atoms with Crippen LogP contribution < -0.4 is 10.1 Å². The van der Waals surface area contributed by atoms with E-state index >= 15 is 0 Å². The van der Waals surface area contributed by atoms with Crippen LogP contribution in [0.1, 0.15) is 28.9 Å². The van der Waals surface area contributed by atoms with Crippen LogP contribution in [0.3, 0.4) is 0 Å². The van der Waals surface area contributed by atoms with Gasteiger partial charge in [-0.2, -0.15) is 0 Å². The highest BCUT2D eigenvalue weighted by atomic mass is 35.5. The molecule has 1 aliphatic rings. The first-order chi connectivity index (χ1) is 16.1. The third-order valence-electron chi connectivity index (χ3n) is 5.57. The highest BCUT2D eigenvalue weighted by molar-refractivity contribution is 6.31. The summed E-state index contributed by atoms with van der Waals surface area (Å²) in [7, 11) is 0. The van der Waals surface area contributed by atoms with E-state index in [1.54, 1.807) is 31.2 Å². The predicted molar refractivity (Wildman–Crippen MR) is 126 cm³/mol. The molecule has 4 aromatic rings. The number of ether oxygens (including phenoxy) is 2. The Morgan fingerprint density at radius 2 is 2.06 bits per heavy atom. The van der Waals surface area contributed by atoms with Crippen LogP contribution in [0.2, 0.25) is 5.02 Å². The van der Waals surface area contributed by atoms with Crippen molar-refractivity contribution in [2.24, 2.45) is 0 Å². The number of rotatable bonds is 6. The number of hydrogen-bond acceptors (Lipinski definition) is 6. The lowest BCUT2D eigenvalue weighted by Gasteiger charge is -2.16. The van der Waals surface area contributed by atoms with Gasteiger partial charge >= 0.3 is 0 Å². The van der Waals surface area contributed by atoms with Crippen LogP contribution in [-0.4, -0.2) is 35.4 Å². The maximum Gasteiger partial charge on any atom is 0.259 e. The number of nitrogens with zero attached hydrogens (tertiary/aromatic N) is 2. The fraction of sp³-hybridized carbons (Fsp3) is 0.240. The first-order valence-corrected chi connectivity index (χ1v) is 11.1. The molecular weight excluding hydrogens is 442 g/mol. The smallest absolute Gasteiger partial charge is 0.259 e. The van der Waals surface area contributed by atoms with E-state index in [2.05, 4.69) is 15.5 Å². The van der Waals surface area contributed by atoms with Gasteiger partial charge in [0.2, 0.25) is 0 Å². The van der Waals surface area contributed by atoms with Crippen molar-refractivity contribution in [3.63, 3.8) is 0 Å². The number of amides is 1. The summed E-state index contributed by atoms with van der Waals surface area (Å²) in [6, 6.07) is 16.5. The second-order valence-corrected chi connectivity index (χ2v) is 8.35. The van der Waals surface area contributed by atoms with Gasteiger partial charge in [0.15, 0.2) is 0 Å². The number of carbonyl (C=O) groups excluding carboxylic acids is 1. The van der Waals surface area contributed by atoms with Gasteiger partial charge < -0.3 is 19.3 Å². The van der Waals surface area contributed by atoms with Crippen molar-refractivity contribution in [2.75, 3.05) is 18.5 Å². The van der Waals surface area contributed by atoms with Crippen molar-refractivity contribution < 1.29 is 18.8 Å². The zero-order valence-corrected chi connectivity index (χ0v) is 18.8. The largest absolute Gasteiger partial charge is 0.489 e. The van der Waals surface area contributed by atoms with Crippen molar-refractivity contribution in [2.45, 2.75) is 25.9 Å². The highest BCUT2D eigenvalue weighted by Gasteiger charge is 2.21. The molecule has 2 aromatic heterocycles. The molecule has 0 spiro atoms. The van der Waals surface area contributed by atoms with Crippen molar-refractivity contribution in [1.29, 1.82) is 0 Å². The second-order valence-electron chi connectivity index (χ2n) is 7.91. The van der Waals surface area contributed by atoms with Crippen molar-refractivity contribution in [3.05, 3.63) is 70.9 Å². The van der Waals surface area contributed by atoms with Crippen LogP contribution in [0.15, 0.2) is 59.1 Å². The molecule has 5 rings (SSSR count). The maximum absolute atomic E-state index is 13.5. The molecule has 0 bridgehead atoms. The quantitative estimate of drug-likeness (QED) is 0.397. The Balaban J connectivity index is 1.48. The summed E-state index contributed by atoms with van der Waals surface area (Å²) in [6.45, 7) is 2.94. The molecule has 1 fully saturated rings. The molecule has 8 heteroatoms. The number of aryl methyl sites for hydroxylation is 1. The van der Waals surface area contributed by atoms with E-state index in [9.17, 15) is 4.79 Å². The van der Waals surface area contributed by atoms with Crippen LogP contribution in [0.5, 0.6) is 5.75 Å². The Labute approximate surface area is 195 Å². The lowest BCUT2D eigenvalue weighted by Crippen LogP contribution is -2.18. The molecule has 1 atom stereocenters. The fourth-order valence-corrected chi connectivity index (χ4v) is 4.08. The molecule has 7 nitrogen and oxygen atoms in total. The Morgan fingerprint density at radius 1 is 1.21 bits per heavy atom. The van der Waals surface area contributed by atoms with Gasteiger partial charge in [0.25, 0.3) is 11.6 Å². The van der Waals surface area contributed by atoms with Crippen molar-refractivity contribution >= 4 is 34.3 Å². The topological polar surface area (TPSA) is 86.5 Å². The molecule has 1 amide bonds. The normalized spacial score (nSPS) is 15.6. The SMILES string of the molecule is Cc1noc2nc(-c3ccccc3)cc(C(=O)Nc3cc(Cl)ccc3OCC3CCCO3)c12. The van der Waals surface area contributed by atoms with Gasteiger partial charge in [-0.1, -0.05) is 47.1 Å². The Morgan fingerprint density at radius 3 is 2.85 bits per heavy atom. The first-order valence-electron chi connectivity index (χ1n) is 10.8. The summed E-state index contributed by atoms with van der Waals surface area (Å²) >= 11 is 6.22. The minimum atomic E-state index is -0.338. The third kappa shape index (κ3) is 4.55. The van der Waals surface area contributed by atoms with Crippen molar-refractivity contribution in [1.82, 2.24) is 10.1 Å². The van der Waals surface area contributed by atoms with Gasteiger partial charge in [-0.15, -0.1) is 0 Å². The van der Waals surface area contributed by atoms with Crippen LogP contribution >= 0.6 is 11.6 Å². The van der Waals surface area contributed by atoms with E-state index in [0.717, 1.165) is 25.0 Å². The third-order valence-corrected chi connectivity index (χ3v) is 5.80. The number of halogens is 1.